The Morgan fingerprint density at radius 1 is 1.29 bits per heavy atom. The van der Waals surface area contributed by atoms with Gasteiger partial charge in [-0.05, 0) is 29.8 Å². The van der Waals surface area contributed by atoms with E-state index in [2.05, 4.69) is 5.32 Å². The number of ether oxygens (including phenoxy) is 1. The molecule has 21 heavy (non-hydrogen) atoms. The summed E-state index contributed by atoms with van der Waals surface area (Å²) < 4.78 is 5.07. The monoisotopic (exact) mass is 283 g/mol. The first-order chi connectivity index (χ1) is 10.1. The molecule has 0 aromatic heterocycles. The van der Waals surface area contributed by atoms with E-state index in [0.717, 1.165) is 11.3 Å². The molecule has 0 spiro atoms. The lowest BCUT2D eigenvalue weighted by atomic mass is 10.1. The Balaban J connectivity index is 2.15. The van der Waals surface area contributed by atoms with E-state index in [0.29, 0.717) is 12.2 Å². The number of benzene rings is 2. The fourth-order valence-corrected chi connectivity index (χ4v) is 1.84. The number of methoxy groups -OCH3 is 1. The maximum absolute atomic E-state index is 11.0. The van der Waals surface area contributed by atoms with Crippen LogP contribution in [0.4, 0.5) is 11.4 Å². The number of nitro groups is 1. The Kier molecular flexibility index (Phi) is 4.36. The highest BCUT2D eigenvalue weighted by Crippen LogP contribution is 2.26. The summed E-state index contributed by atoms with van der Waals surface area (Å²) in [6, 6.07) is 13.6. The van der Waals surface area contributed by atoms with E-state index in [9.17, 15) is 10.1 Å². The lowest BCUT2D eigenvalue weighted by Crippen LogP contribution is -2.03. The highest BCUT2D eigenvalue weighted by Gasteiger charge is 2.14. The van der Waals surface area contributed by atoms with Gasteiger partial charge in [0.15, 0.2) is 0 Å². The molecule has 6 nitrogen and oxygen atoms in total. The van der Waals surface area contributed by atoms with Gasteiger partial charge in [0.1, 0.15) is 11.4 Å². The smallest absolute Gasteiger partial charge is 0.293 e. The zero-order chi connectivity index (χ0) is 15.2. The van der Waals surface area contributed by atoms with Crippen molar-refractivity contribution in [3.63, 3.8) is 0 Å². The number of hydrogen-bond acceptors (Lipinski definition) is 5. The third kappa shape index (κ3) is 3.48. The Bertz CT molecular complexity index is 690. The van der Waals surface area contributed by atoms with Crippen LogP contribution in [-0.2, 0) is 6.54 Å². The van der Waals surface area contributed by atoms with Gasteiger partial charge in [-0.25, -0.2) is 0 Å². The molecule has 0 aliphatic carbocycles. The summed E-state index contributed by atoms with van der Waals surface area (Å²) in [5, 5.41) is 22.8. The third-order valence-corrected chi connectivity index (χ3v) is 2.97. The van der Waals surface area contributed by atoms with Crippen molar-refractivity contribution in [3.8, 4) is 11.8 Å². The fraction of sp³-hybridized carbons (Fsp3) is 0.133. The number of nitrogens with zero attached hydrogens (tertiary/aromatic N) is 2. The van der Waals surface area contributed by atoms with E-state index >= 15 is 0 Å². The Labute approximate surface area is 121 Å². The first-order valence-corrected chi connectivity index (χ1v) is 6.19. The molecule has 6 heteroatoms. The molecule has 2 aromatic rings. The van der Waals surface area contributed by atoms with Gasteiger partial charge in [0.2, 0.25) is 0 Å². The van der Waals surface area contributed by atoms with E-state index in [1.807, 2.05) is 30.3 Å². The minimum absolute atomic E-state index is 0.109. The molecule has 0 bridgehead atoms. The van der Waals surface area contributed by atoms with Crippen LogP contribution in [0.3, 0.4) is 0 Å². The van der Waals surface area contributed by atoms with E-state index in [4.69, 9.17) is 10.00 Å². The molecule has 0 amide bonds. The van der Waals surface area contributed by atoms with E-state index in [1.54, 1.807) is 19.2 Å². The molecule has 106 valence electrons. The second kappa shape index (κ2) is 6.39. The van der Waals surface area contributed by atoms with Gasteiger partial charge < -0.3 is 10.1 Å². The lowest BCUT2D eigenvalue weighted by molar-refractivity contribution is -0.384. The van der Waals surface area contributed by atoms with Crippen molar-refractivity contribution in [2.75, 3.05) is 12.4 Å². The number of hydrogen-bond donors (Lipinski definition) is 1. The zero-order valence-electron chi connectivity index (χ0n) is 11.4. The molecule has 0 saturated heterocycles. The second-order valence-corrected chi connectivity index (χ2v) is 4.30. The van der Waals surface area contributed by atoms with Crippen molar-refractivity contribution in [1.82, 2.24) is 0 Å². The van der Waals surface area contributed by atoms with Crippen molar-refractivity contribution in [1.29, 1.82) is 5.26 Å². The fourth-order valence-electron chi connectivity index (χ4n) is 1.84. The summed E-state index contributed by atoms with van der Waals surface area (Å²) in [7, 11) is 1.59. The molecule has 1 N–H and O–H groups in total. The van der Waals surface area contributed by atoms with Gasteiger partial charge in [0, 0.05) is 12.6 Å². The van der Waals surface area contributed by atoms with E-state index in [1.165, 1.54) is 6.07 Å². The number of nitrogens with one attached hydrogen (secondary N) is 1. The highest BCUT2D eigenvalue weighted by molar-refractivity contribution is 5.64. The minimum Gasteiger partial charge on any atom is -0.497 e. The van der Waals surface area contributed by atoms with Gasteiger partial charge in [-0.3, -0.25) is 10.1 Å². The first kappa shape index (κ1) is 14.3. The molecule has 2 aromatic carbocycles. The molecule has 2 rings (SSSR count). The van der Waals surface area contributed by atoms with Crippen LogP contribution in [0.25, 0.3) is 0 Å². The van der Waals surface area contributed by atoms with Gasteiger partial charge in [0.05, 0.1) is 23.7 Å². The quantitative estimate of drug-likeness (QED) is 0.673. The van der Waals surface area contributed by atoms with Crippen LogP contribution in [0.1, 0.15) is 11.1 Å². The lowest BCUT2D eigenvalue weighted by Gasteiger charge is -2.08. The average molecular weight is 283 g/mol. The Hall–Kier alpha value is -3.07. The van der Waals surface area contributed by atoms with Gasteiger partial charge in [-0.1, -0.05) is 12.1 Å². The van der Waals surface area contributed by atoms with Crippen molar-refractivity contribution < 1.29 is 9.66 Å². The third-order valence-electron chi connectivity index (χ3n) is 2.97. The van der Waals surface area contributed by atoms with Crippen LogP contribution in [0.15, 0.2) is 42.5 Å². The summed E-state index contributed by atoms with van der Waals surface area (Å²) in [6.07, 6.45) is 0. The normalized spacial score (nSPS) is 9.71. The first-order valence-electron chi connectivity index (χ1n) is 6.19. The predicted molar refractivity (Wildman–Crippen MR) is 78.1 cm³/mol. The minimum atomic E-state index is -0.503. The summed E-state index contributed by atoms with van der Waals surface area (Å²) >= 11 is 0. The molecular formula is C15H13N3O3. The number of anilines is 1. The van der Waals surface area contributed by atoms with Crippen molar-refractivity contribution in [3.05, 3.63) is 63.7 Å². The van der Waals surface area contributed by atoms with Crippen molar-refractivity contribution >= 4 is 11.4 Å². The molecule has 0 unspecified atom stereocenters. The van der Waals surface area contributed by atoms with E-state index in [-0.39, 0.29) is 11.3 Å². The van der Waals surface area contributed by atoms with Crippen molar-refractivity contribution in [2.24, 2.45) is 0 Å². The van der Waals surface area contributed by atoms with Gasteiger partial charge in [-0.15, -0.1) is 0 Å². The zero-order valence-corrected chi connectivity index (χ0v) is 11.4. The van der Waals surface area contributed by atoms with Crippen LogP contribution < -0.4 is 10.1 Å². The SMILES string of the molecule is COc1ccc(CNc2ccc(C#N)cc2[N+](=O)[O-])cc1. The predicted octanol–water partition coefficient (Wildman–Crippen LogP) is 3.09. The molecule has 0 aliphatic rings. The van der Waals surface area contributed by atoms with Gasteiger partial charge in [-0.2, -0.15) is 5.26 Å². The summed E-state index contributed by atoms with van der Waals surface area (Å²) in [6.45, 7) is 0.441. The summed E-state index contributed by atoms with van der Waals surface area (Å²) in [5.74, 6) is 0.753. The topological polar surface area (TPSA) is 88.2 Å². The standard InChI is InChI=1S/C15H13N3O3/c1-21-13-5-2-11(3-6-13)10-17-14-7-4-12(9-16)8-15(14)18(19)20/h2-8,17H,10H2,1H3. The van der Waals surface area contributed by atoms with Gasteiger partial charge >= 0.3 is 0 Å². The number of nitriles is 1. The maximum Gasteiger partial charge on any atom is 0.293 e. The Morgan fingerprint density at radius 2 is 2.00 bits per heavy atom. The van der Waals surface area contributed by atoms with Crippen LogP contribution in [0.2, 0.25) is 0 Å². The number of nitro benzene ring substituents is 1. The van der Waals surface area contributed by atoms with E-state index < -0.39 is 4.92 Å². The van der Waals surface area contributed by atoms with Crippen LogP contribution in [0.5, 0.6) is 5.75 Å². The molecule has 0 heterocycles. The average Bonchev–Trinajstić information content (AvgIpc) is 2.53. The Morgan fingerprint density at radius 3 is 2.57 bits per heavy atom. The molecule has 0 saturated carbocycles. The molecular weight excluding hydrogens is 270 g/mol. The highest BCUT2D eigenvalue weighted by atomic mass is 16.6. The number of rotatable bonds is 5. The second-order valence-electron chi connectivity index (χ2n) is 4.30. The van der Waals surface area contributed by atoms with Crippen LogP contribution in [-0.4, -0.2) is 12.0 Å². The van der Waals surface area contributed by atoms with Crippen LogP contribution >= 0.6 is 0 Å². The summed E-state index contributed by atoms with van der Waals surface area (Å²) in [5.41, 5.74) is 1.50. The van der Waals surface area contributed by atoms with Gasteiger partial charge in [0.25, 0.3) is 5.69 Å². The molecule has 0 atom stereocenters. The molecule has 0 radical (unpaired) electrons. The molecule has 0 fully saturated rings. The summed E-state index contributed by atoms with van der Waals surface area (Å²) in [4.78, 5) is 10.5. The largest absolute Gasteiger partial charge is 0.497 e. The van der Waals surface area contributed by atoms with Crippen molar-refractivity contribution in [2.45, 2.75) is 6.54 Å². The molecule has 0 aliphatic heterocycles. The van der Waals surface area contributed by atoms with Crippen LogP contribution in [0, 0.1) is 21.4 Å². The maximum atomic E-state index is 11.0.